The molecule has 0 amide bonds. The first-order valence-electron chi connectivity index (χ1n) is 0. The number of hydrogen-bond acceptors (Lipinski definition) is 0. The van der Waals surface area contributed by atoms with Crippen LogP contribution in [0.1, 0.15) is 0 Å². The van der Waals surface area contributed by atoms with Gasteiger partial charge >= 0.3 is 0 Å². The van der Waals surface area contributed by atoms with Crippen LogP contribution in [0, 0.1) is 0 Å². The zero-order valence-electron chi connectivity index (χ0n) is 1.60. The van der Waals surface area contributed by atoms with Crippen LogP contribution in [0.5, 0.6) is 0 Å². The molecule has 4 heavy (non-hydrogen) atoms. The van der Waals surface area contributed by atoms with Crippen LogP contribution in [0.25, 0.3) is 0 Å². The summed E-state index contributed by atoms with van der Waals surface area (Å²) >= 11 is 0. The molecule has 0 saturated heterocycles. The zero-order chi connectivity index (χ0) is 0. The molecule has 0 aliphatic heterocycles. The van der Waals surface area contributed by atoms with E-state index in [2.05, 4.69) is 0 Å². The van der Waals surface area contributed by atoms with Crippen molar-refractivity contribution in [3.63, 3.8) is 0 Å². The third-order valence-electron chi connectivity index (χ3n) is 0. The topological polar surface area (TPSA) is 0 Å². The molecule has 30 valence electrons. The first-order valence-corrected chi connectivity index (χ1v) is 0. The van der Waals surface area contributed by atoms with Crippen LogP contribution in [0.4, 0.5) is 0 Å². The predicted molar refractivity (Wildman–Crippen MR) is 11.5 cm³/mol. The molecule has 0 fully saturated rings. The van der Waals surface area contributed by atoms with E-state index < -0.39 is 0 Å². The molecule has 0 rings (SSSR count). The van der Waals surface area contributed by atoms with Gasteiger partial charge in [0.05, 0.1) is 0 Å². The zero-order valence-corrected chi connectivity index (χ0v) is 10.8. The van der Waals surface area contributed by atoms with Gasteiger partial charge in [0.1, 0.15) is 0 Å². The quantitative estimate of drug-likeness (QED) is 0.386. The van der Waals surface area contributed by atoms with E-state index in [-0.39, 0.29) is 90.7 Å². The average Bonchev–Trinajstić information content (AvgIpc) is 0. The van der Waals surface area contributed by atoms with E-state index in [1.807, 2.05) is 0 Å². The SMILES string of the molecule is [Ag].[Cu].[Pb].[Sn]. The van der Waals surface area contributed by atoms with E-state index in [0.29, 0.717) is 0 Å². The van der Waals surface area contributed by atoms with Gasteiger partial charge in [-0.1, -0.05) is 0 Å². The molecule has 0 saturated carbocycles. The molecule has 0 aliphatic carbocycles. The Labute approximate surface area is 89.0 Å². The van der Waals surface area contributed by atoms with E-state index in [9.17, 15) is 0 Å². The van der Waals surface area contributed by atoms with Gasteiger partial charge in [0.2, 0.25) is 0 Å². The minimum absolute atomic E-state index is 0. The molecule has 0 atom stereocenters. The fourth-order valence-corrected chi connectivity index (χ4v) is 0. The van der Waals surface area contributed by atoms with Crippen LogP contribution >= 0.6 is 0 Å². The van der Waals surface area contributed by atoms with Gasteiger partial charge in [-0.3, -0.25) is 0 Å². The van der Waals surface area contributed by atoms with E-state index in [0.717, 1.165) is 0 Å². The van der Waals surface area contributed by atoms with Gasteiger partial charge in [0, 0.05) is 90.7 Å². The van der Waals surface area contributed by atoms with Crippen molar-refractivity contribution in [1.29, 1.82) is 0 Å². The fraction of sp³-hybridized carbons (Fsp3) is 0. The molecule has 0 aromatic rings. The van der Waals surface area contributed by atoms with Gasteiger partial charge in [-0.05, 0) is 0 Å². The van der Waals surface area contributed by atoms with E-state index in [4.69, 9.17) is 0 Å². The second kappa shape index (κ2) is 16.7. The van der Waals surface area contributed by atoms with Crippen molar-refractivity contribution in [2.45, 2.75) is 0 Å². The Bertz CT molecular complexity index is 8.00. The van der Waals surface area contributed by atoms with Crippen LogP contribution in [-0.2, 0) is 39.4 Å². The average molecular weight is 497 g/mol. The summed E-state index contributed by atoms with van der Waals surface area (Å²) < 4.78 is 0. The largest absolute Gasteiger partial charge is 0 e. The first kappa shape index (κ1) is 28.1. The predicted octanol–water partition coefficient (Wildman–Crippen LogP) is -0.767. The maximum absolute atomic E-state index is 0. The maximum atomic E-state index is 0. The monoisotopic (exact) mass is 498 g/mol. The van der Waals surface area contributed by atoms with Crippen LogP contribution in [0.15, 0.2) is 0 Å². The third kappa shape index (κ3) is 8.88. The fourth-order valence-electron chi connectivity index (χ4n) is 0. The number of hydrogen-bond donors (Lipinski definition) is 0. The Kier molecular flexibility index (Phi) is 117. The second-order valence-corrected chi connectivity index (χ2v) is 0. The molecule has 0 bridgehead atoms. The third-order valence-corrected chi connectivity index (χ3v) is 0. The molecular weight excluding hydrogens is 497 g/mol. The summed E-state index contributed by atoms with van der Waals surface area (Å²) in [5.74, 6) is 0. The van der Waals surface area contributed by atoms with Crippen LogP contribution in [0.2, 0.25) is 0 Å². The van der Waals surface area contributed by atoms with Crippen molar-refractivity contribution in [3.05, 3.63) is 0 Å². The Morgan fingerprint density at radius 1 is 1.00 bits per heavy atom. The minimum Gasteiger partial charge on any atom is 0 e. The number of rotatable bonds is 0. The van der Waals surface area contributed by atoms with E-state index in [1.165, 1.54) is 0 Å². The molecule has 0 nitrogen and oxygen atoms in total. The molecule has 0 aromatic heterocycles. The van der Waals surface area contributed by atoms with E-state index >= 15 is 0 Å². The maximum Gasteiger partial charge on any atom is 0 e. The molecule has 0 N–H and O–H groups in total. The molecule has 4 heteroatoms. The molecule has 0 heterocycles. The first-order chi connectivity index (χ1) is 0. The van der Waals surface area contributed by atoms with Gasteiger partial charge in [-0.15, -0.1) is 0 Å². The Hall–Kier alpha value is 2.98. The van der Waals surface area contributed by atoms with Gasteiger partial charge in [-0.2, -0.15) is 0 Å². The smallest absolute Gasteiger partial charge is 0 e. The van der Waals surface area contributed by atoms with Crippen molar-refractivity contribution in [2.75, 3.05) is 0 Å². The normalized spacial score (nSPS) is 0. The molecule has 10 radical (unpaired) electrons. The summed E-state index contributed by atoms with van der Waals surface area (Å²) in [5.41, 5.74) is 0. The van der Waals surface area contributed by atoms with Gasteiger partial charge in [0.25, 0.3) is 0 Å². The Morgan fingerprint density at radius 2 is 1.00 bits per heavy atom. The summed E-state index contributed by atoms with van der Waals surface area (Å²) in [6.07, 6.45) is 0. The van der Waals surface area contributed by atoms with Crippen molar-refractivity contribution < 1.29 is 39.4 Å². The summed E-state index contributed by atoms with van der Waals surface area (Å²) in [7, 11) is 0. The van der Waals surface area contributed by atoms with Crippen molar-refractivity contribution in [3.8, 4) is 0 Å². The Morgan fingerprint density at radius 3 is 1.00 bits per heavy atom. The summed E-state index contributed by atoms with van der Waals surface area (Å²) in [6, 6.07) is 0. The van der Waals surface area contributed by atoms with Gasteiger partial charge < -0.3 is 0 Å². The van der Waals surface area contributed by atoms with Crippen LogP contribution < -0.4 is 0 Å². The minimum atomic E-state index is 0. The van der Waals surface area contributed by atoms with E-state index in [1.54, 1.807) is 0 Å². The van der Waals surface area contributed by atoms with Crippen LogP contribution in [-0.4, -0.2) is 51.2 Å². The molecule has 0 aromatic carbocycles. The van der Waals surface area contributed by atoms with Crippen LogP contribution in [0.3, 0.4) is 0 Å². The Balaban J connectivity index is 0. The summed E-state index contributed by atoms with van der Waals surface area (Å²) in [5, 5.41) is 0. The van der Waals surface area contributed by atoms with Crippen molar-refractivity contribution in [1.82, 2.24) is 0 Å². The van der Waals surface area contributed by atoms with Gasteiger partial charge in [0.15, 0.2) is 0 Å². The molecule has 0 unspecified atom stereocenters. The molecular formula is AgCuPbSn. The summed E-state index contributed by atoms with van der Waals surface area (Å²) in [4.78, 5) is 0. The summed E-state index contributed by atoms with van der Waals surface area (Å²) in [6.45, 7) is 0. The second-order valence-electron chi connectivity index (χ2n) is 0. The standard InChI is InChI=1S/Ag.Cu.Pb.Sn. The van der Waals surface area contributed by atoms with Crippen molar-refractivity contribution in [2.24, 2.45) is 0 Å². The molecule has 0 aliphatic rings. The van der Waals surface area contributed by atoms with Crippen molar-refractivity contribution >= 4 is 51.2 Å². The molecule has 0 spiro atoms. The van der Waals surface area contributed by atoms with Gasteiger partial charge in [-0.25, -0.2) is 0 Å².